The van der Waals surface area contributed by atoms with Crippen molar-refractivity contribution in [3.8, 4) is 11.5 Å². The van der Waals surface area contributed by atoms with Gasteiger partial charge in [-0.25, -0.2) is 8.42 Å². The number of nitrogens with one attached hydrogen (secondary N) is 1. The smallest absolute Gasteiger partial charge is 0.264 e. The van der Waals surface area contributed by atoms with Crippen molar-refractivity contribution in [1.82, 2.24) is 5.32 Å². The Bertz CT molecular complexity index is 885. The van der Waals surface area contributed by atoms with Crippen LogP contribution in [0.15, 0.2) is 53.4 Å². The molecule has 0 fully saturated rings. The molecule has 0 aliphatic carbocycles. The van der Waals surface area contributed by atoms with E-state index < -0.39 is 10.0 Å². The Morgan fingerprint density at radius 3 is 2.32 bits per heavy atom. The lowest BCUT2D eigenvalue weighted by Crippen LogP contribution is -2.41. The molecule has 0 aliphatic heterocycles. The van der Waals surface area contributed by atoms with Gasteiger partial charge in [-0.15, -0.1) is 0 Å². The number of carbonyl (C=O) groups is 1. The Hall–Kier alpha value is -2.74. The monoisotopic (exact) mass is 406 g/mol. The third-order valence-corrected chi connectivity index (χ3v) is 5.91. The Morgan fingerprint density at radius 1 is 1.04 bits per heavy atom. The van der Waals surface area contributed by atoms with E-state index in [4.69, 9.17) is 9.47 Å². The molecule has 0 unspecified atom stereocenters. The zero-order chi connectivity index (χ0) is 20.6. The topological polar surface area (TPSA) is 84.9 Å². The van der Waals surface area contributed by atoms with Crippen molar-refractivity contribution < 1.29 is 22.7 Å². The highest BCUT2D eigenvalue weighted by Crippen LogP contribution is 2.33. The molecule has 0 aromatic heterocycles. The van der Waals surface area contributed by atoms with Crippen LogP contribution in [0, 0.1) is 0 Å². The van der Waals surface area contributed by atoms with Gasteiger partial charge in [-0.05, 0) is 30.7 Å². The molecule has 0 aliphatic rings. The molecular weight excluding hydrogens is 380 g/mol. The van der Waals surface area contributed by atoms with Crippen LogP contribution < -0.4 is 19.1 Å². The molecule has 0 radical (unpaired) electrons. The third kappa shape index (κ3) is 5.16. The summed E-state index contributed by atoms with van der Waals surface area (Å²) in [6.45, 7) is 2.18. The molecule has 0 spiro atoms. The molecule has 0 bridgehead atoms. The first kappa shape index (κ1) is 21.6. The summed E-state index contributed by atoms with van der Waals surface area (Å²) in [4.78, 5) is 12.5. The molecule has 8 heteroatoms. The van der Waals surface area contributed by atoms with E-state index in [1.165, 1.54) is 26.4 Å². The van der Waals surface area contributed by atoms with Gasteiger partial charge in [-0.1, -0.05) is 31.5 Å². The van der Waals surface area contributed by atoms with Gasteiger partial charge in [0.2, 0.25) is 5.91 Å². The molecule has 1 N–H and O–H groups in total. The summed E-state index contributed by atoms with van der Waals surface area (Å²) in [5, 5.41) is 2.76. The highest BCUT2D eigenvalue weighted by Gasteiger charge is 2.27. The summed E-state index contributed by atoms with van der Waals surface area (Å²) in [6.07, 6.45) is 1.76. The van der Waals surface area contributed by atoms with Crippen LogP contribution in [0.5, 0.6) is 11.5 Å². The fourth-order valence-corrected chi connectivity index (χ4v) is 4.04. The summed E-state index contributed by atoms with van der Waals surface area (Å²) in [6, 6.07) is 12.7. The fraction of sp³-hybridized carbons (Fsp3) is 0.350. The summed E-state index contributed by atoms with van der Waals surface area (Å²) in [5.41, 5.74) is 0.312. The van der Waals surface area contributed by atoms with Crippen molar-refractivity contribution in [2.45, 2.75) is 24.7 Å². The van der Waals surface area contributed by atoms with Gasteiger partial charge >= 0.3 is 0 Å². The van der Waals surface area contributed by atoms with E-state index in [0.717, 1.165) is 17.1 Å². The largest absolute Gasteiger partial charge is 0.493 e. The number of rotatable bonds is 10. The maximum absolute atomic E-state index is 13.2. The van der Waals surface area contributed by atoms with Crippen molar-refractivity contribution >= 4 is 21.6 Å². The first-order valence-electron chi connectivity index (χ1n) is 9.00. The van der Waals surface area contributed by atoms with Gasteiger partial charge < -0.3 is 14.8 Å². The minimum absolute atomic E-state index is 0.103. The van der Waals surface area contributed by atoms with Crippen molar-refractivity contribution in [3.05, 3.63) is 48.5 Å². The first-order chi connectivity index (χ1) is 13.4. The number of hydrogen-bond acceptors (Lipinski definition) is 5. The molecule has 2 rings (SSSR count). The van der Waals surface area contributed by atoms with E-state index >= 15 is 0 Å². The summed E-state index contributed by atoms with van der Waals surface area (Å²) < 4.78 is 38.0. The number of benzene rings is 2. The molecule has 2 aromatic carbocycles. The quantitative estimate of drug-likeness (QED) is 0.613. The second kappa shape index (κ2) is 9.98. The number of methoxy groups -OCH3 is 2. The maximum atomic E-state index is 13.2. The van der Waals surface area contributed by atoms with E-state index in [-0.39, 0.29) is 17.3 Å². The van der Waals surface area contributed by atoms with Crippen LogP contribution in [-0.4, -0.2) is 41.6 Å². The Kier molecular flexibility index (Phi) is 7.69. The van der Waals surface area contributed by atoms with Crippen LogP contribution in [0.4, 0.5) is 5.69 Å². The third-order valence-electron chi connectivity index (χ3n) is 4.13. The molecule has 0 heterocycles. The summed E-state index contributed by atoms with van der Waals surface area (Å²) >= 11 is 0. The second-order valence-electron chi connectivity index (χ2n) is 6.07. The zero-order valence-corrected chi connectivity index (χ0v) is 17.2. The summed E-state index contributed by atoms with van der Waals surface area (Å²) in [5.74, 6) is 0.470. The number of amides is 1. The average Bonchev–Trinajstić information content (AvgIpc) is 2.72. The number of nitrogens with zero attached hydrogens (tertiary/aromatic N) is 1. The molecule has 152 valence electrons. The van der Waals surface area contributed by atoms with Gasteiger partial charge in [0.25, 0.3) is 10.0 Å². The van der Waals surface area contributed by atoms with Gasteiger partial charge in [0.15, 0.2) is 11.5 Å². The lowest BCUT2D eigenvalue weighted by molar-refractivity contribution is -0.119. The normalized spacial score (nSPS) is 11.0. The molecule has 0 saturated carbocycles. The van der Waals surface area contributed by atoms with Gasteiger partial charge in [0, 0.05) is 12.6 Å². The Morgan fingerprint density at radius 2 is 1.71 bits per heavy atom. The fourth-order valence-electron chi connectivity index (χ4n) is 2.61. The minimum Gasteiger partial charge on any atom is -0.493 e. The lowest BCUT2D eigenvalue weighted by atomic mass is 10.2. The van der Waals surface area contributed by atoms with E-state index in [1.54, 1.807) is 36.4 Å². The number of unbranched alkanes of at least 4 members (excludes halogenated alkanes) is 1. The Labute approximate surface area is 166 Å². The van der Waals surface area contributed by atoms with E-state index in [0.29, 0.717) is 23.7 Å². The van der Waals surface area contributed by atoms with Crippen molar-refractivity contribution in [1.29, 1.82) is 0 Å². The minimum atomic E-state index is -3.95. The lowest BCUT2D eigenvalue weighted by Gasteiger charge is -2.25. The van der Waals surface area contributed by atoms with E-state index in [9.17, 15) is 13.2 Å². The number of hydrogen-bond donors (Lipinski definition) is 1. The number of anilines is 1. The number of ether oxygens (including phenoxy) is 2. The van der Waals surface area contributed by atoms with Gasteiger partial charge in [0.05, 0.1) is 24.8 Å². The molecule has 1 amide bonds. The Balaban J connectivity index is 2.43. The number of carbonyl (C=O) groups excluding carboxylic acids is 1. The maximum Gasteiger partial charge on any atom is 0.264 e. The van der Waals surface area contributed by atoms with Gasteiger partial charge in [-0.2, -0.15) is 0 Å². The highest BCUT2D eigenvalue weighted by atomic mass is 32.2. The predicted octanol–water partition coefficient (Wildman–Crippen LogP) is 2.82. The second-order valence-corrected chi connectivity index (χ2v) is 7.93. The van der Waals surface area contributed by atoms with Crippen LogP contribution in [-0.2, 0) is 14.8 Å². The standard InChI is InChI=1S/C20H26N2O5S/c1-4-5-13-21-20(23)15-22(28(24,25)17-9-7-6-8-10-17)16-11-12-18(26-2)19(14-16)27-3/h6-12,14H,4-5,13,15H2,1-3H3,(H,21,23). The van der Waals surface area contributed by atoms with Gasteiger partial charge in [0.1, 0.15) is 6.54 Å². The highest BCUT2D eigenvalue weighted by molar-refractivity contribution is 7.92. The summed E-state index contributed by atoms with van der Waals surface area (Å²) in [7, 11) is -0.984. The SMILES string of the molecule is CCCCNC(=O)CN(c1ccc(OC)c(OC)c1)S(=O)(=O)c1ccccc1. The zero-order valence-electron chi connectivity index (χ0n) is 16.3. The average molecular weight is 407 g/mol. The van der Waals surface area contributed by atoms with Crippen molar-refractivity contribution in [2.24, 2.45) is 0 Å². The molecule has 0 saturated heterocycles. The van der Waals surface area contributed by atoms with Crippen molar-refractivity contribution in [3.63, 3.8) is 0 Å². The van der Waals surface area contributed by atoms with E-state index in [2.05, 4.69) is 5.32 Å². The van der Waals surface area contributed by atoms with E-state index in [1.807, 2.05) is 6.92 Å². The number of sulfonamides is 1. The van der Waals surface area contributed by atoms with Crippen LogP contribution in [0.3, 0.4) is 0 Å². The van der Waals surface area contributed by atoms with Crippen LogP contribution in [0.1, 0.15) is 19.8 Å². The predicted molar refractivity (Wildman–Crippen MR) is 108 cm³/mol. The molecule has 2 aromatic rings. The van der Waals surface area contributed by atoms with Crippen LogP contribution >= 0.6 is 0 Å². The molecular formula is C20H26N2O5S. The van der Waals surface area contributed by atoms with Crippen LogP contribution in [0.2, 0.25) is 0 Å². The molecule has 7 nitrogen and oxygen atoms in total. The van der Waals surface area contributed by atoms with Crippen molar-refractivity contribution in [2.75, 3.05) is 31.6 Å². The molecule has 28 heavy (non-hydrogen) atoms. The van der Waals surface area contributed by atoms with Gasteiger partial charge in [-0.3, -0.25) is 9.10 Å². The molecule has 0 atom stereocenters. The van der Waals surface area contributed by atoms with Crippen LogP contribution in [0.25, 0.3) is 0 Å². The first-order valence-corrected chi connectivity index (χ1v) is 10.4.